The molecule has 0 aromatic heterocycles. The maximum Gasteiger partial charge on any atom is 0.255 e. The molecule has 0 fully saturated rings. The van der Waals surface area contributed by atoms with Gasteiger partial charge in [-0.2, -0.15) is 0 Å². The van der Waals surface area contributed by atoms with E-state index in [1.165, 1.54) is 0 Å². The molecule has 0 heterocycles. The third-order valence-electron chi connectivity index (χ3n) is 3.12. The predicted molar refractivity (Wildman–Crippen MR) is 86.3 cm³/mol. The summed E-state index contributed by atoms with van der Waals surface area (Å²) >= 11 is 0. The zero-order chi connectivity index (χ0) is 16.8. The van der Waals surface area contributed by atoms with Crippen LogP contribution in [0.3, 0.4) is 0 Å². The third kappa shape index (κ3) is 4.30. The Kier molecular flexibility index (Phi) is 5.32. The molecule has 2 aromatic rings. The van der Waals surface area contributed by atoms with Crippen LogP contribution in [0.5, 0.6) is 0 Å². The smallest absolute Gasteiger partial charge is 0.255 e. The van der Waals surface area contributed by atoms with Gasteiger partial charge in [0.05, 0.1) is 17.8 Å². The standard InChI is InChI=1S/C18H16F2N2O/c1-22(2)17-8-4-3-6-13(17)7-5-11-21-18(23)15-10-9-14(19)12-16(15)20/h3-4,6,8-10,12H,11H2,1-2H3,(H,21,23). The molecule has 0 saturated heterocycles. The summed E-state index contributed by atoms with van der Waals surface area (Å²) in [6.45, 7) is 0.0669. The second-order valence-corrected chi connectivity index (χ2v) is 5.02. The fraction of sp³-hybridized carbons (Fsp3) is 0.167. The molecule has 5 heteroatoms. The number of benzene rings is 2. The zero-order valence-electron chi connectivity index (χ0n) is 12.9. The largest absolute Gasteiger partial charge is 0.377 e. The van der Waals surface area contributed by atoms with Crippen LogP contribution in [0, 0.1) is 23.5 Å². The number of carbonyl (C=O) groups is 1. The lowest BCUT2D eigenvalue weighted by Crippen LogP contribution is -2.24. The first-order chi connectivity index (χ1) is 11.0. The molecular weight excluding hydrogens is 298 g/mol. The van der Waals surface area contributed by atoms with Crippen molar-refractivity contribution in [1.82, 2.24) is 5.32 Å². The van der Waals surface area contributed by atoms with Crippen LogP contribution in [-0.2, 0) is 0 Å². The lowest BCUT2D eigenvalue weighted by Gasteiger charge is -2.13. The summed E-state index contributed by atoms with van der Waals surface area (Å²) in [5, 5.41) is 2.49. The van der Waals surface area contributed by atoms with Gasteiger partial charge in [0, 0.05) is 25.7 Å². The van der Waals surface area contributed by atoms with E-state index in [1.807, 2.05) is 43.3 Å². The average Bonchev–Trinajstić information content (AvgIpc) is 2.51. The molecule has 0 spiro atoms. The van der Waals surface area contributed by atoms with Crippen LogP contribution in [0.4, 0.5) is 14.5 Å². The summed E-state index contributed by atoms with van der Waals surface area (Å²) in [7, 11) is 3.83. The molecule has 0 unspecified atom stereocenters. The first kappa shape index (κ1) is 16.5. The fourth-order valence-corrected chi connectivity index (χ4v) is 2.00. The van der Waals surface area contributed by atoms with Crippen LogP contribution >= 0.6 is 0 Å². The van der Waals surface area contributed by atoms with Gasteiger partial charge in [-0.15, -0.1) is 0 Å². The van der Waals surface area contributed by atoms with Crippen molar-refractivity contribution in [3.63, 3.8) is 0 Å². The van der Waals surface area contributed by atoms with Crippen molar-refractivity contribution < 1.29 is 13.6 Å². The van der Waals surface area contributed by atoms with Gasteiger partial charge in [-0.25, -0.2) is 8.78 Å². The number of para-hydroxylation sites is 1. The second-order valence-electron chi connectivity index (χ2n) is 5.02. The van der Waals surface area contributed by atoms with Gasteiger partial charge in [-0.1, -0.05) is 24.0 Å². The highest BCUT2D eigenvalue weighted by atomic mass is 19.1. The number of halogens is 2. The van der Waals surface area contributed by atoms with Crippen LogP contribution in [0.2, 0.25) is 0 Å². The van der Waals surface area contributed by atoms with Gasteiger partial charge in [-0.3, -0.25) is 4.79 Å². The first-order valence-electron chi connectivity index (χ1n) is 6.97. The molecule has 0 radical (unpaired) electrons. The van der Waals surface area contributed by atoms with Gasteiger partial charge in [0.25, 0.3) is 5.91 Å². The van der Waals surface area contributed by atoms with E-state index in [4.69, 9.17) is 0 Å². The van der Waals surface area contributed by atoms with E-state index in [0.29, 0.717) is 6.07 Å². The quantitative estimate of drug-likeness (QED) is 0.884. The summed E-state index contributed by atoms with van der Waals surface area (Å²) in [5.41, 5.74) is 1.59. The summed E-state index contributed by atoms with van der Waals surface area (Å²) in [6, 6.07) is 10.4. The Morgan fingerprint density at radius 2 is 1.91 bits per heavy atom. The first-order valence-corrected chi connectivity index (χ1v) is 6.97. The van der Waals surface area contributed by atoms with Gasteiger partial charge in [0.15, 0.2) is 0 Å². The lowest BCUT2D eigenvalue weighted by molar-refractivity contribution is 0.0954. The molecule has 2 rings (SSSR count). The Bertz CT molecular complexity index is 776. The van der Waals surface area contributed by atoms with Crippen molar-refractivity contribution in [2.75, 3.05) is 25.5 Å². The Balaban J connectivity index is 2.02. The number of carbonyl (C=O) groups excluding carboxylic acids is 1. The molecule has 3 nitrogen and oxygen atoms in total. The van der Waals surface area contributed by atoms with E-state index in [2.05, 4.69) is 17.2 Å². The SMILES string of the molecule is CN(C)c1ccccc1C#CCNC(=O)c1ccc(F)cc1F. The van der Waals surface area contributed by atoms with E-state index in [1.54, 1.807) is 0 Å². The minimum absolute atomic E-state index is 0.0669. The number of nitrogens with one attached hydrogen (secondary N) is 1. The van der Waals surface area contributed by atoms with E-state index < -0.39 is 17.5 Å². The Morgan fingerprint density at radius 3 is 2.61 bits per heavy atom. The third-order valence-corrected chi connectivity index (χ3v) is 3.12. The molecule has 0 aliphatic rings. The number of amides is 1. The zero-order valence-corrected chi connectivity index (χ0v) is 12.9. The number of anilines is 1. The summed E-state index contributed by atoms with van der Waals surface area (Å²) in [6.07, 6.45) is 0. The number of nitrogens with zero attached hydrogens (tertiary/aromatic N) is 1. The van der Waals surface area contributed by atoms with E-state index >= 15 is 0 Å². The molecule has 0 aliphatic heterocycles. The van der Waals surface area contributed by atoms with Crippen LogP contribution in [0.15, 0.2) is 42.5 Å². The van der Waals surface area contributed by atoms with E-state index in [-0.39, 0.29) is 12.1 Å². The fourth-order valence-electron chi connectivity index (χ4n) is 2.00. The molecule has 1 N–H and O–H groups in total. The molecule has 0 bridgehead atoms. The highest BCUT2D eigenvalue weighted by molar-refractivity contribution is 5.94. The monoisotopic (exact) mass is 314 g/mol. The highest BCUT2D eigenvalue weighted by Gasteiger charge is 2.11. The van der Waals surface area contributed by atoms with Gasteiger partial charge in [0.2, 0.25) is 0 Å². The number of hydrogen-bond acceptors (Lipinski definition) is 2. The van der Waals surface area contributed by atoms with Crippen molar-refractivity contribution >= 4 is 11.6 Å². The Hall–Kier alpha value is -2.87. The van der Waals surface area contributed by atoms with Crippen LogP contribution in [0.25, 0.3) is 0 Å². The summed E-state index contributed by atoms with van der Waals surface area (Å²) in [4.78, 5) is 13.8. The van der Waals surface area contributed by atoms with Crippen molar-refractivity contribution in [2.24, 2.45) is 0 Å². The molecule has 0 saturated carbocycles. The topological polar surface area (TPSA) is 32.3 Å². The molecule has 0 aliphatic carbocycles. The lowest BCUT2D eigenvalue weighted by atomic mass is 10.1. The normalized spacial score (nSPS) is 9.74. The van der Waals surface area contributed by atoms with Crippen molar-refractivity contribution in [2.45, 2.75) is 0 Å². The van der Waals surface area contributed by atoms with Crippen LogP contribution < -0.4 is 10.2 Å². The minimum atomic E-state index is -0.895. The van der Waals surface area contributed by atoms with Crippen molar-refractivity contribution in [3.05, 3.63) is 65.2 Å². The predicted octanol–water partition coefficient (Wildman–Crippen LogP) is 2.81. The highest BCUT2D eigenvalue weighted by Crippen LogP contribution is 2.16. The van der Waals surface area contributed by atoms with Gasteiger partial charge < -0.3 is 10.2 Å². The summed E-state index contributed by atoms with van der Waals surface area (Å²) in [5.74, 6) is 3.54. The molecule has 2 aromatic carbocycles. The molecule has 1 amide bonds. The summed E-state index contributed by atoms with van der Waals surface area (Å²) < 4.78 is 26.3. The van der Waals surface area contributed by atoms with Crippen molar-refractivity contribution in [3.8, 4) is 11.8 Å². The maximum atomic E-state index is 13.5. The average molecular weight is 314 g/mol. The Labute approximate surface area is 133 Å². The van der Waals surface area contributed by atoms with Gasteiger partial charge in [0.1, 0.15) is 11.6 Å². The van der Waals surface area contributed by atoms with Crippen LogP contribution in [0.1, 0.15) is 15.9 Å². The number of hydrogen-bond donors (Lipinski definition) is 1. The maximum absolute atomic E-state index is 13.5. The molecular formula is C18H16F2N2O. The second kappa shape index (κ2) is 7.41. The van der Waals surface area contributed by atoms with Crippen LogP contribution in [-0.4, -0.2) is 26.5 Å². The Morgan fingerprint density at radius 1 is 1.17 bits per heavy atom. The van der Waals surface area contributed by atoms with Gasteiger partial charge in [-0.05, 0) is 24.3 Å². The molecule has 23 heavy (non-hydrogen) atoms. The van der Waals surface area contributed by atoms with E-state index in [9.17, 15) is 13.6 Å². The number of rotatable bonds is 3. The molecule has 118 valence electrons. The molecule has 0 atom stereocenters. The minimum Gasteiger partial charge on any atom is -0.377 e. The van der Waals surface area contributed by atoms with Gasteiger partial charge >= 0.3 is 0 Å². The van der Waals surface area contributed by atoms with E-state index in [0.717, 1.165) is 23.4 Å². The van der Waals surface area contributed by atoms with Crippen molar-refractivity contribution in [1.29, 1.82) is 0 Å².